The average molecular weight is 258 g/mol. The number of hydrogen-bond donors (Lipinski definition) is 1. The number of carboxylic acids is 1. The van der Waals surface area contributed by atoms with Crippen molar-refractivity contribution in [2.24, 2.45) is 0 Å². The van der Waals surface area contributed by atoms with Crippen LogP contribution < -0.4 is 0 Å². The van der Waals surface area contributed by atoms with Crippen LogP contribution in [-0.4, -0.2) is 23.3 Å². The quantitative estimate of drug-likeness (QED) is 0.895. The Hall–Kier alpha value is -1.87. The molecular weight excluding hydrogens is 240 g/mol. The average Bonchev–Trinajstić information content (AvgIpc) is 2.37. The zero-order valence-corrected chi connectivity index (χ0v) is 11.2. The number of aliphatic carboxylic acids is 1. The van der Waals surface area contributed by atoms with Crippen LogP contribution in [0.5, 0.6) is 0 Å². The first-order valence-electron chi connectivity index (χ1n) is 6.43. The van der Waals surface area contributed by atoms with Crippen molar-refractivity contribution in [2.75, 3.05) is 0 Å². The van der Waals surface area contributed by atoms with Crippen LogP contribution in [0.2, 0.25) is 0 Å². The van der Waals surface area contributed by atoms with E-state index in [0.29, 0.717) is 6.42 Å². The van der Waals surface area contributed by atoms with Gasteiger partial charge in [-0.15, -0.1) is 0 Å². The molecule has 0 saturated carbocycles. The minimum absolute atomic E-state index is 0.101. The summed E-state index contributed by atoms with van der Waals surface area (Å²) in [4.78, 5) is 11.3. The van der Waals surface area contributed by atoms with Crippen LogP contribution >= 0.6 is 0 Å². The molecule has 0 saturated heterocycles. The van der Waals surface area contributed by atoms with Gasteiger partial charge in [-0.2, -0.15) is 0 Å². The molecule has 2 aromatic rings. The highest BCUT2D eigenvalue weighted by atomic mass is 16.5. The van der Waals surface area contributed by atoms with Crippen molar-refractivity contribution >= 4 is 16.7 Å². The second-order valence-corrected chi connectivity index (χ2v) is 4.85. The number of benzene rings is 2. The van der Waals surface area contributed by atoms with E-state index in [1.807, 2.05) is 56.3 Å². The van der Waals surface area contributed by atoms with Crippen LogP contribution in [0.1, 0.15) is 19.4 Å². The number of ether oxygens (including phenoxy) is 1. The Morgan fingerprint density at radius 3 is 2.53 bits per heavy atom. The number of hydrogen-bond acceptors (Lipinski definition) is 2. The monoisotopic (exact) mass is 258 g/mol. The Morgan fingerprint density at radius 2 is 1.84 bits per heavy atom. The fraction of sp³-hybridized carbons (Fsp3) is 0.312. The topological polar surface area (TPSA) is 46.5 Å². The van der Waals surface area contributed by atoms with Gasteiger partial charge in [-0.1, -0.05) is 42.5 Å². The molecule has 19 heavy (non-hydrogen) atoms. The lowest BCUT2D eigenvalue weighted by atomic mass is 10.00. The summed E-state index contributed by atoms with van der Waals surface area (Å²) in [5.74, 6) is -0.915. The van der Waals surface area contributed by atoms with Crippen molar-refractivity contribution in [3.63, 3.8) is 0 Å². The van der Waals surface area contributed by atoms with Gasteiger partial charge in [0.15, 0.2) is 6.10 Å². The molecule has 3 heteroatoms. The summed E-state index contributed by atoms with van der Waals surface area (Å²) in [6.07, 6.45) is -0.517. The second-order valence-electron chi connectivity index (χ2n) is 4.85. The molecule has 100 valence electrons. The molecule has 0 aliphatic carbocycles. The van der Waals surface area contributed by atoms with Crippen molar-refractivity contribution < 1.29 is 14.6 Å². The zero-order valence-electron chi connectivity index (χ0n) is 11.2. The summed E-state index contributed by atoms with van der Waals surface area (Å²) in [5.41, 5.74) is 1.01. The predicted molar refractivity (Wildman–Crippen MR) is 75.3 cm³/mol. The highest BCUT2D eigenvalue weighted by Crippen LogP contribution is 2.20. The lowest BCUT2D eigenvalue weighted by molar-refractivity contribution is -0.153. The van der Waals surface area contributed by atoms with Crippen LogP contribution in [0.25, 0.3) is 10.8 Å². The Balaban J connectivity index is 2.31. The summed E-state index contributed by atoms with van der Waals surface area (Å²) in [6, 6.07) is 13.9. The molecule has 0 aliphatic rings. The van der Waals surface area contributed by atoms with E-state index in [1.54, 1.807) is 0 Å². The molecule has 0 aromatic heterocycles. The molecule has 0 radical (unpaired) electrons. The second kappa shape index (κ2) is 5.85. The molecule has 0 bridgehead atoms. The number of rotatable bonds is 5. The molecule has 0 spiro atoms. The highest BCUT2D eigenvalue weighted by Gasteiger charge is 2.20. The smallest absolute Gasteiger partial charge is 0.333 e. The van der Waals surface area contributed by atoms with E-state index in [4.69, 9.17) is 4.74 Å². The van der Waals surface area contributed by atoms with E-state index in [-0.39, 0.29) is 6.10 Å². The molecule has 0 aliphatic heterocycles. The van der Waals surface area contributed by atoms with Gasteiger partial charge in [0.25, 0.3) is 0 Å². The van der Waals surface area contributed by atoms with Crippen LogP contribution in [0, 0.1) is 0 Å². The van der Waals surface area contributed by atoms with Crippen molar-refractivity contribution in [2.45, 2.75) is 32.5 Å². The van der Waals surface area contributed by atoms with Crippen molar-refractivity contribution in [3.8, 4) is 0 Å². The minimum Gasteiger partial charge on any atom is -0.479 e. The molecule has 0 amide bonds. The summed E-state index contributed by atoms with van der Waals surface area (Å²) < 4.78 is 5.47. The zero-order chi connectivity index (χ0) is 13.8. The first kappa shape index (κ1) is 13.6. The maximum atomic E-state index is 11.3. The third kappa shape index (κ3) is 3.32. The molecule has 2 aromatic carbocycles. The summed E-state index contributed by atoms with van der Waals surface area (Å²) in [7, 11) is 0. The normalized spacial score (nSPS) is 12.8. The van der Waals surface area contributed by atoms with Crippen LogP contribution in [-0.2, 0) is 16.0 Å². The first-order chi connectivity index (χ1) is 9.08. The van der Waals surface area contributed by atoms with Gasteiger partial charge in [0, 0.05) is 6.42 Å². The summed E-state index contributed by atoms with van der Waals surface area (Å²) in [6.45, 7) is 3.69. The van der Waals surface area contributed by atoms with E-state index < -0.39 is 12.1 Å². The third-order valence-corrected chi connectivity index (χ3v) is 3.00. The minimum atomic E-state index is -0.915. The molecule has 1 N–H and O–H groups in total. The molecule has 0 heterocycles. The number of carbonyl (C=O) groups is 1. The lowest BCUT2D eigenvalue weighted by Gasteiger charge is -2.17. The van der Waals surface area contributed by atoms with Crippen molar-refractivity contribution in [1.29, 1.82) is 0 Å². The van der Waals surface area contributed by atoms with Gasteiger partial charge in [-0.05, 0) is 30.2 Å². The summed E-state index contributed by atoms with van der Waals surface area (Å²) >= 11 is 0. The van der Waals surface area contributed by atoms with Crippen molar-refractivity contribution in [3.05, 3.63) is 48.0 Å². The summed E-state index contributed by atoms with van der Waals surface area (Å²) in [5, 5.41) is 11.4. The van der Waals surface area contributed by atoms with E-state index in [9.17, 15) is 9.90 Å². The van der Waals surface area contributed by atoms with E-state index >= 15 is 0 Å². The van der Waals surface area contributed by atoms with Gasteiger partial charge >= 0.3 is 5.97 Å². The maximum absolute atomic E-state index is 11.3. The standard InChI is InChI=1S/C16H18O3/c1-11(2)19-15(16(17)18)10-13-8-5-7-12-6-3-4-9-14(12)13/h3-9,11,15H,10H2,1-2H3,(H,17,18)/t15-/m0/s1. The van der Waals surface area contributed by atoms with Gasteiger partial charge in [-0.3, -0.25) is 0 Å². The number of fused-ring (bicyclic) bond motifs is 1. The highest BCUT2D eigenvalue weighted by molar-refractivity contribution is 5.86. The van der Waals surface area contributed by atoms with Gasteiger partial charge in [0.2, 0.25) is 0 Å². The Bertz CT molecular complexity index is 570. The maximum Gasteiger partial charge on any atom is 0.333 e. The lowest BCUT2D eigenvalue weighted by Crippen LogP contribution is -2.29. The van der Waals surface area contributed by atoms with Gasteiger partial charge in [-0.25, -0.2) is 4.79 Å². The Morgan fingerprint density at radius 1 is 1.16 bits per heavy atom. The van der Waals surface area contributed by atoms with E-state index in [2.05, 4.69) is 0 Å². The van der Waals surface area contributed by atoms with Crippen LogP contribution in [0.3, 0.4) is 0 Å². The molecule has 0 fully saturated rings. The fourth-order valence-corrected chi connectivity index (χ4v) is 2.19. The largest absolute Gasteiger partial charge is 0.479 e. The SMILES string of the molecule is CC(C)O[C@@H](Cc1cccc2ccccc12)C(=O)O. The Kier molecular flexibility index (Phi) is 4.17. The van der Waals surface area contributed by atoms with Gasteiger partial charge < -0.3 is 9.84 Å². The molecular formula is C16H18O3. The van der Waals surface area contributed by atoms with E-state index in [1.165, 1.54) is 0 Å². The molecule has 0 unspecified atom stereocenters. The first-order valence-corrected chi connectivity index (χ1v) is 6.43. The molecule has 1 atom stereocenters. The van der Waals surface area contributed by atoms with Crippen molar-refractivity contribution in [1.82, 2.24) is 0 Å². The van der Waals surface area contributed by atoms with Crippen LogP contribution in [0.15, 0.2) is 42.5 Å². The van der Waals surface area contributed by atoms with Crippen LogP contribution in [0.4, 0.5) is 0 Å². The Labute approximate surface area is 112 Å². The fourth-order valence-electron chi connectivity index (χ4n) is 2.19. The van der Waals surface area contributed by atoms with E-state index in [0.717, 1.165) is 16.3 Å². The number of carboxylic acid groups (broad SMARTS) is 1. The predicted octanol–water partition coefficient (Wildman–Crippen LogP) is 3.26. The third-order valence-electron chi connectivity index (χ3n) is 3.00. The van der Waals surface area contributed by atoms with Gasteiger partial charge in [0.05, 0.1) is 6.10 Å². The van der Waals surface area contributed by atoms with Gasteiger partial charge in [0.1, 0.15) is 0 Å². The molecule has 3 nitrogen and oxygen atoms in total. The molecule has 2 rings (SSSR count).